The van der Waals surface area contributed by atoms with Gasteiger partial charge in [-0.25, -0.2) is 5.10 Å². The number of aromatic amines is 1. The molecular formula is C13H10N4O. The number of carbonyl (C=O) groups excluding carboxylic acids is 1. The normalized spacial score (nSPS) is 10.4. The maximum absolute atomic E-state index is 12.0. The molecule has 3 rings (SSSR count). The summed E-state index contributed by atoms with van der Waals surface area (Å²) in [6, 6.07) is 13.4. The van der Waals surface area contributed by atoms with Gasteiger partial charge in [0.1, 0.15) is 6.33 Å². The predicted octanol–water partition coefficient (Wildman–Crippen LogP) is 2.21. The van der Waals surface area contributed by atoms with Crippen molar-refractivity contribution in [1.82, 2.24) is 15.2 Å². The lowest BCUT2D eigenvalue weighted by molar-refractivity contribution is 0.102. The van der Waals surface area contributed by atoms with E-state index in [9.17, 15) is 4.79 Å². The van der Waals surface area contributed by atoms with E-state index in [0.29, 0.717) is 11.5 Å². The zero-order valence-corrected chi connectivity index (χ0v) is 9.42. The summed E-state index contributed by atoms with van der Waals surface area (Å²) < 4.78 is 0. The van der Waals surface area contributed by atoms with E-state index in [1.54, 1.807) is 6.07 Å². The first-order valence-corrected chi connectivity index (χ1v) is 5.48. The molecule has 5 heteroatoms. The third-order valence-electron chi connectivity index (χ3n) is 2.66. The second-order valence-corrected chi connectivity index (χ2v) is 3.85. The molecule has 3 aromatic rings. The van der Waals surface area contributed by atoms with Crippen molar-refractivity contribution in [1.29, 1.82) is 0 Å². The van der Waals surface area contributed by atoms with Gasteiger partial charge in [0.15, 0.2) is 0 Å². The van der Waals surface area contributed by atoms with Gasteiger partial charge in [-0.05, 0) is 22.9 Å². The number of benzene rings is 2. The van der Waals surface area contributed by atoms with E-state index in [4.69, 9.17) is 0 Å². The van der Waals surface area contributed by atoms with E-state index in [1.807, 2.05) is 36.4 Å². The van der Waals surface area contributed by atoms with Gasteiger partial charge in [0.05, 0.1) is 0 Å². The maximum Gasteiger partial charge on any atom is 0.258 e. The van der Waals surface area contributed by atoms with Crippen molar-refractivity contribution in [3.05, 3.63) is 54.4 Å². The Labute approximate surface area is 103 Å². The molecule has 0 radical (unpaired) electrons. The van der Waals surface area contributed by atoms with Gasteiger partial charge in [0.2, 0.25) is 5.95 Å². The number of nitrogens with zero attached hydrogens (tertiary/aromatic N) is 2. The van der Waals surface area contributed by atoms with Crippen LogP contribution in [0.25, 0.3) is 10.8 Å². The topological polar surface area (TPSA) is 70.7 Å². The molecule has 0 bridgehead atoms. The maximum atomic E-state index is 12.0. The van der Waals surface area contributed by atoms with Crippen molar-refractivity contribution in [3.8, 4) is 0 Å². The fraction of sp³-hybridized carbons (Fsp3) is 0. The van der Waals surface area contributed by atoms with Crippen LogP contribution in [0.5, 0.6) is 0 Å². The van der Waals surface area contributed by atoms with E-state index in [0.717, 1.165) is 10.8 Å². The third-order valence-corrected chi connectivity index (χ3v) is 2.66. The van der Waals surface area contributed by atoms with Gasteiger partial charge < -0.3 is 0 Å². The SMILES string of the molecule is O=C(Nc1ncn[nH]1)c1ccc2ccccc2c1. The number of carbonyl (C=O) groups is 1. The number of anilines is 1. The van der Waals surface area contributed by atoms with Crippen molar-refractivity contribution in [2.45, 2.75) is 0 Å². The minimum Gasteiger partial charge on any atom is -0.291 e. The van der Waals surface area contributed by atoms with Crippen LogP contribution in [-0.2, 0) is 0 Å². The summed E-state index contributed by atoms with van der Waals surface area (Å²) >= 11 is 0. The van der Waals surface area contributed by atoms with Gasteiger partial charge in [0.25, 0.3) is 5.91 Å². The van der Waals surface area contributed by atoms with Gasteiger partial charge in [-0.2, -0.15) is 10.1 Å². The summed E-state index contributed by atoms with van der Waals surface area (Å²) in [7, 11) is 0. The number of hydrogen-bond donors (Lipinski definition) is 2. The zero-order chi connectivity index (χ0) is 12.4. The smallest absolute Gasteiger partial charge is 0.258 e. The van der Waals surface area contributed by atoms with Crippen molar-refractivity contribution in [3.63, 3.8) is 0 Å². The molecule has 0 aliphatic carbocycles. The number of H-pyrrole nitrogens is 1. The fourth-order valence-corrected chi connectivity index (χ4v) is 1.78. The Hall–Kier alpha value is -2.69. The van der Waals surface area contributed by atoms with Crippen LogP contribution in [0.2, 0.25) is 0 Å². The summed E-state index contributed by atoms with van der Waals surface area (Å²) in [6.07, 6.45) is 1.34. The number of amides is 1. The lowest BCUT2D eigenvalue weighted by atomic mass is 10.1. The second-order valence-electron chi connectivity index (χ2n) is 3.85. The highest BCUT2D eigenvalue weighted by molar-refractivity contribution is 6.05. The molecular weight excluding hydrogens is 228 g/mol. The molecule has 18 heavy (non-hydrogen) atoms. The van der Waals surface area contributed by atoms with Gasteiger partial charge in [-0.15, -0.1) is 0 Å². The minimum absolute atomic E-state index is 0.211. The molecule has 1 amide bonds. The molecule has 0 aliphatic heterocycles. The summed E-state index contributed by atoms with van der Waals surface area (Å²) in [5.74, 6) is 0.130. The summed E-state index contributed by atoms with van der Waals surface area (Å²) in [5, 5.41) is 11.0. The summed E-state index contributed by atoms with van der Waals surface area (Å²) in [5.41, 5.74) is 0.588. The van der Waals surface area contributed by atoms with E-state index in [2.05, 4.69) is 20.5 Å². The molecule has 0 fully saturated rings. The number of nitrogens with one attached hydrogen (secondary N) is 2. The van der Waals surface area contributed by atoms with Crippen LogP contribution in [0.1, 0.15) is 10.4 Å². The van der Waals surface area contributed by atoms with Crippen molar-refractivity contribution in [2.24, 2.45) is 0 Å². The van der Waals surface area contributed by atoms with Gasteiger partial charge in [-0.3, -0.25) is 10.1 Å². The third kappa shape index (κ3) is 1.93. The zero-order valence-electron chi connectivity index (χ0n) is 9.42. The molecule has 2 N–H and O–H groups in total. The van der Waals surface area contributed by atoms with Crippen LogP contribution < -0.4 is 5.32 Å². The number of rotatable bonds is 2. The molecule has 0 saturated carbocycles. The van der Waals surface area contributed by atoms with Gasteiger partial charge in [-0.1, -0.05) is 30.3 Å². The highest BCUT2D eigenvalue weighted by Gasteiger charge is 2.07. The first-order valence-electron chi connectivity index (χ1n) is 5.48. The van der Waals surface area contributed by atoms with E-state index in [1.165, 1.54) is 6.33 Å². The van der Waals surface area contributed by atoms with Crippen molar-refractivity contribution < 1.29 is 4.79 Å². The quantitative estimate of drug-likeness (QED) is 0.719. The van der Waals surface area contributed by atoms with Crippen LogP contribution in [0.4, 0.5) is 5.95 Å². The molecule has 0 unspecified atom stereocenters. The Kier molecular flexibility index (Phi) is 2.49. The first-order chi connectivity index (χ1) is 8.83. The molecule has 0 aliphatic rings. The van der Waals surface area contributed by atoms with E-state index < -0.39 is 0 Å². The van der Waals surface area contributed by atoms with E-state index in [-0.39, 0.29) is 5.91 Å². The average molecular weight is 238 g/mol. The van der Waals surface area contributed by atoms with Gasteiger partial charge >= 0.3 is 0 Å². The lowest BCUT2D eigenvalue weighted by Crippen LogP contribution is -2.12. The van der Waals surface area contributed by atoms with Crippen LogP contribution >= 0.6 is 0 Å². The molecule has 2 aromatic carbocycles. The predicted molar refractivity (Wildman–Crippen MR) is 68.3 cm³/mol. The van der Waals surface area contributed by atoms with Crippen molar-refractivity contribution >= 4 is 22.6 Å². The van der Waals surface area contributed by atoms with Crippen LogP contribution in [-0.4, -0.2) is 21.1 Å². The average Bonchev–Trinajstić information content (AvgIpc) is 2.91. The Morgan fingerprint density at radius 1 is 1.11 bits per heavy atom. The van der Waals surface area contributed by atoms with Crippen LogP contribution in [0.3, 0.4) is 0 Å². The van der Waals surface area contributed by atoms with Crippen molar-refractivity contribution in [2.75, 3.05) is 5.32 Å². The standard InChI is InChI=1S/C13H10N4O/c18-12(16-13-14-8-15-17-13)11-6-5-9-3-1-2-4-10(9)7-11/h1-8H,(H2,14,15,16,17,18). The largest absolute Gasteiger partial charge is 0.291 e. The molecule has 0 spiro atoms. The minimum atomic E-state index is -0.211. The molecule has 5 nitrogen and oxygen atoms in total. The van der Waals surface area contributed by atoms with Gasteiger partial charge in [0, 0.05) is 5.56 Å². The second kappa shape index (κ2) is 4.29. The first kappa shape index (κ1) is 10.5. The summed E-state index contributed by atoms with van der Waals surface area (Å²) in [6.45, 7) is 0. The Bertz CT molecular complexity index is 691. The molecule has 88 valence electrons. The Morgan fingerprint density at radius 3 is 2.72 bits per heavy atom. The monoisotopic (exact) mass is 238 g/mol. The highest BCUT2D eigenvalue weighted by Crippen LogP contribution is 2.16. The number of hydrogen-bond acceptors (Lipinski definition) is 3. The Morgan fingerprint density at radius 2 is 1.94 bits per heavy atom. The van der Waals surface area contributed by atoms with E-state index >= 15 is 0 Å². The molecule has 1 aromatic heterocycles. The lowest BCUT2D eigenvalue weighted by Gasteiger charge is -2.03. The van der Waals surface area contributed by atoms with Crippen LogP contribution in [0, 0.1) is 0 Å². The fourth-order valence-electron chi connectivity index (χ4n) is 1.78. The highest BCUT2D eigenvalue weighted by atomic mass is 16.1. The molecule has 0 saturated heterocycles. The molecule has 0 atom stereocenters. The number of aromatic nitrogens is 3. The Balaban J connectivity index is 1.92. The summed E-state index contributed by atoms with van der Waals surface area (Å²) in [4.78, 5) is 15.8. The molecule has 1 heterocycles. The number of fused-ring (bicyclic) bond motifs is 1. The van der Waals surface area contributed by atoms with Crippen LogP contribution in [0.15, 0.2) is 48.8 Å².